The average molecular weight is 460 g/mol. The lowest BCUT2D eigenvalue weighted by Gasteiger charge is -2.11. The zero-order chi connectivity index (χ0) is 19.2. The Bertz CT molecular complexity index is 973. The van der Waals surface area contributed by atoms with Crippen molar-refractivity contribution in [3.8, 4) is 0 Å². The maximum atomic E-state index is 12.2. The fourth-order valence-corrected chi connectivity index (χ4v) is 3.51. The van der Waals surface area contributed by atoms with Crippen LogP contribution in [0, 0.1) is 0 Å². The summed E-state index contributed by atoms with van der Waals surface area (Å²) < 4.78 is 0.691. The minimum absolute atomic E-state index is 0.151. The van der Waals surface area contributed by atoms with E-state index in [9.17, 15) is 9.59 Å². The van der Waals surface area contributed by atoms with Gasteiger partial charge in [-0.15, -0.1) is 11.3 Å². The van der Waals surface area contributed by atoms with Crippen molar-refractivity contribution in [1.29, 1.82) is 0 Å². The topological polar surface area (TPSA) is 70.2 Å². The fraction of sp³-hybridized carbons (Fsp3) is 0. The summed E-state index contributed by atoms with van der Waals surface area (Å²) in [4.78, 5) is 24.9. The number of amides is 2. The number of thiocarbonyl (C=S) groups is 1. The average Bonchev–Trinajstić information content (AvgIpc) is 3.18. The first-order valence-electron chi connectivity index (χ1n) is 7.85. The van der Waals surface area contributed by atoms with Crippen LogP contribution in [0.25, 0.3) is 0 Å². The van der Waals surface area contributed by atoms with Crippen molar-refractivity contribution in [3.05, 3.63) is 81.0 Å². The first kappa shape index (κ1) is 19.2. The van der Waals surface area contributed by atoms with E-state index in [4.69, 9.17) is 12.2 Å². The minimum Gasteiger partial charge on any atom is -0.332 e. The van der Waals surface area contributed by atoms with Crippen LogP contribution >= 0.6 is 39.5 Å². The van der Waals surface area contributed by atoms with Crippen LogP contribution in [0.2, 0.25) is 0 Å². The fourth-order valence-electron chi connectivity index (χ4n) is 2.22. The van der Waals surface area contributed by atoms with Crippen molar-refractivity contribution in [1.82, 2.24) is 5.32 Å². The second-order valence-corrected chi connectivity index (χ2v) is 7.61. The lowest BCUT2D eigenvalue weighted by Crippen LogP contribution is -2.34. The Kier molecular flexibility index (Phi) is 6.33. The molecule has 0 saturated heterocycles. The molecule has 2 aromatic carbocycles. The Morgan fingerprint density at radius 2 is 1.52 bits per heavy atom. The molecule has 0 radical (unpaired) electrons. The van der Waals surface area contributed by atoms with E-state index in [2.05, 4.69) is 31.9 Å². The summed E-state index contributed by atoms with van der Waals surface area (Å²) in [5.41, 5.74) is 1.86. The molecule has 5 nitrogen and oxygen atoms in total. The molecule has 0 aliphatic rings. The SMILES string of the molecule is O=C(Nc1ccc(NC(=S)NC(=O)c2ccccc2Br)cc1)c1cccs1. The molecule has 0 aliphatic heterocycles. The molecule has 136 valence electrons. The van der Waals surface area contributed by atoms with E-state index in [1.54, 1.807) is 48.5 Å². The van der Waals surface area contributed by atoms with Crippen LogP contribution < -0.4 is 16.0 Å². The van der Waals surface area contributed by atoms with Gasteiger partial charge in [0.2, 0.25) is 0 Å². The predicted molar refractivity (Wildman–Crippen MR) is 117 cm³/mol. The summed E-state index contributed by atoms with van der Waals surface area (Å²) >= 11 is 9.90. The first-order valence-corrected chi connectivity index (χ1v) is 9.93. The normalized spacial score (nSPS) is 10.1. The standard InChI is InChI=1S/C19H14BrN3O2S2/c20-15-5-2-1-4-14(15)17(24)23-19(26)22-13-9-7-12(8-10-13)21-18(25)16-6-3-11-27-16/h1-11H,(H,21,25)(H2,22,23,24,26). The van der Waals surface area contributed by atoms with Gasteiger partial charge in [-0.25, -0.2) is 0 Å². The van der Waals surface area contributed by atoms with Crippen molar-refractivity contribution in [2.24, 2.45) is 0 Å². The van der Waals surface area contributed by atoms with E-state index in [0.717, 1.165) is 0 Å². The van der Waals surface area contributed by atoms with E-state index in [-0.39, 0.29) is 16.9 Å². The molecule has 27 heavy (non-hydrogen) atoms. The van der Waals surface area contributed by atoms with Gasteiger partial charge in [-0.2, -0.15) is 0 Å². The smallest absolute Gasteiger partial charge is 0.265 e. The second kappa shape index (κ2) is 8.90. The summed E-state index contributed by atoms with van der Waals surface area (Å²) in [6, 6.07) is 17.7. The summed E-state index contributed by atoms with van der Waals surface area (Å²) in [7, 11) is 0. The van der Waals surface area contributed by atoms with Crippen molar-refractivity contribution < 1.29 is 9.59 Å². The third kappa shape index (κ3) is 5.22. The molecule has 0 spiro atoms. The van der Waals surface area contributed by atoms with Crippen molar-refractivity contribution in [3.63, 3.8) is 0 Å². The summed E-state index contributed by atoms with van der Waals surface area (Å²) in [5.74, 6) is -0.457. The molecule has 3 aromatic rings. The summed E-state index contributed by atoms with van der Waals surface area (Å²) in [6.45, 7) is 0. The molecule has 1 aromatic heterocycles. The molecule has 8 heteroatoms. The largest absolute Gasteiger partial charge is 0.332 e. The highest BCUT2D eigenvalue weighted by Gasteiger charge is 2.11. The monoisotopic (exact) mass is 459 g/mol. The quantitative estimate of drug-likeness (QED) is 0.485. The highest BCUT2D eigenvalue weighted by molar-refractivity contribution is 9.10. The molecular weight excluding hydrogens is 446 g/mol. The van der Waals surface area contributed by atoms with Gasteiger partial charge in [0, 0.05) is 15.8 Å². The molecule has 0 unspecified atom stereocenters. The maximum Gasteiger partial charge on any atom is 0.265 e. The highest BCUT2D eigenvalue weighted by Crippen LogP contribution is 2.17. The predicted octanol–water partition coefficient (Wildman–Crippen LogP) is 4.89. The van der Waals surface area contributed by atoms with Crippen LogP contribution in [-0.4, -0.2) is 16.9 Å². The zero-order valence-corrected chi connectivity index (χ0v) is 17.1. The van der Waals surface area contributed by atoms with E-state index in [0.29, 0.717) is 26.3 Å². The Labute approximate surface area is 173 Å². The number of thiophene rings is 1. The molecule has 0 fully saturated rings. The minimum atomic E-state index is -0.306. The van der Waals surface area contributed by atoms with E-state index in [1.807, 2.05) is 17.5 Å². The molecule has 0 bridgehead atoms. The Hall–Kier alpha value is -2.55. The molecule has 3 N–H and O–H groups in total. The van der Waals surface area contributed by atoms with Gasteiger partial charge in [-0.3, -0.25) is 14.9 Å². The van der Waals surface area contributed by atoms with Crippen LogP contribution in [0.1, 0.15) is 20.0 Å². The Morgan fingerprint density at radius 1 is 0.852 bits per heavy atom. The van der Waals surface area contributed by atoms with Crippen molar-refractivity contribution in [2.45, 2.75) is 0 Å². The van der Waals surface area contributed by atoms with Gasteiger partial charge in [0.15, 0.2) is 5.11 Å². The molecular formula is C19H14BrN3O2S2. The zero-order valence-electron chi connectivity index (χ0n) is 13.9. The van der Waals surface area contributed by atoms with E-state index in [1.165, 1.54) is 11.3 Å². The summed E-state index contributed by atoms with van der Waals surface area (Å²) in [6.07, 6.45) is 0. The third-order valence-electron chi connectivity index (χ3n) is 3.49. The van der Waals surface area contributed by atoms with Crippen molar-refractivity contribution in [2.75, 3.05) is 10.6 Å². The van der Waals surface area contributed by atoms with Gasteiger partial charge < -0.3 is 10.6 Å². The number of rotatable bonds is 4. The Balaban J connectivity index is 1.56. The number of nitrogens with one attached hydrogen (secondary N) is 3. The lowest BCUT2D eigenvalue weighted by atomic mass is 10.2. The molecule has 0 aliphatic carbocycles. The number of carbonyl (C=O) groups is 2. The molecule has 0 atom stereocenters. The van der Waals surface area contributed by atoms with Crippen LogP contribution in [0.4, 0.5) is 11.4 Å². The van der Waals surface area contributed by atoms with Gasteiger partial charge >= 0.3 is 0 Å². The number of carbonyl (C=O) groups excluding carboxylic acids is 2. The lowest BCUT2D eigenvalue weighted by molar-refractivity contribution is 0.0975. The van der Waals surface area contributed by atoms with Crippen LogP contribution in [0.15, 0.2) is 70.5 Å². The van der Waals surface area contributed by atoms with Crippen LogP contribution in [0.3, 0.4) is 0 Å². The second-order valence-electron chi connectivity index (χ2n) is 5.40. The maximum absolute atomic E-state index is 12.2. The van der Waals surface area contributed by atoms with Crippen LogP contribution in [0.5, 0.6) is 0 Å². The van der Waals surface area contributed by atoms with Gasteiger partial charge in [0.1, 0.15) is 0 Å². The van der Waals surface area contributed by atoms with Gasteiger partial charge in [-0.05, 0) is 76.0 Å². The molecule has 2 amide bonds. The number of hydrogen-bond donors (Lipinski definition) is 3. The number of anilines is 2. The van der Waals surface area contributed by atoms with Gasteiger partial charge in [0.05, 0.1) is 10.4 Å². The Morgan fingerprint density at radius 3 is 2.15 bits per heavy atom. The molecule has 1 heterocycles. The van der Waals surface area contributed by atoms with Gasteiger partial charge in [-0.1, -0.05) is 18.2 Å². The molecule has 3 rings (SSSR count). The number of benzene rings is 2. The first-order chi connectivity index (χ1) is 13.0. The van der Waals surface area contributed by atoms with E-state index < -0.39 is 0 Å². The van der Waals surface area contributed by atoms with E-state index >= 15 is 0 Å². The van der Waals surface area contributed by atoms with Gasteiger partial charge in [0.25, 0.3) is 11.8 Å². The number of halogens is 1. The highest BCUT2D eigenvalue weighted by atomic mass is 79.9. The molecule has 0 saturated carbocycles. The third-order valence-corrected chi connectivity index (χ3v) is 5.26. The van der Waals surface area contributed by atoms with Crippen LogP contribution in [-0.2, 0) is 0 Å². The van der Waals surface area contributed by atoms with Crippen molar-refractivity contribution >= 4 is 67.8 Å². The summed E-state index contributed by atoms with van der Waals surface area (Å²) in [5, 5.41) is 10.4. The number of hydrogen-bond acceptors (Lipinski definition) is 4.